The number of rotatable bonds is 4. The Bertz CT molecular complexity index is 1280. The van der Waals surface area contributed by atoms with E-state index in [4.69, 9.17) is 9.97 Å². The molecule has 2 heterocycles. The fraction of sp³-hybridized carbons (Fsp3) is 0.0690. The van der Waals surface area contributed by atoms with Crippen LogP contribution in [0.3, 0.4) is 0 Å². The molecule has 0 spiro atoms. The summed E-state index contributed by atoms with van der Waals surface area (Å²) in [4.78, 5) is 14.4. The first-order chi connectivity index (χ1) is 15.7. The monoisotopic (exact) mass is 605 g/mol. The number of hydrogen-bond donors (Lipinski definition) is 0. The van der Waals surface area contributed by atoms with Crippen molar-refractivity contribution in [2.24, 2.45) is 0 Å². The van der Waals surface area contributed by atoms with Gasteiger partial charge in [-0.05, 0) is 25.6 Å². The summed E-state index contributed by atoms with van der Waals surface area (Å²) in [7, 11) is 0. The molecule has 0 unspecified atom stereocenters. The van der Waals surface area contributed by atoms with Gasteiger partial charge in [-0.2, -0.15) is 0 Å². The van der Waals surface area contributed by atoms with Crippen LogP contribution in [-0.4, -0.2) is 15.0 Å². The quantitative estimate of drug-likeness (QED) is 0.208. The first kappa shape index (κ1) is 22.7. The topological polar surface area (TPSA) is 38.7 Å². The molecule has 0 bridgehead atoms. The third-order valence-electron chi connectivity index (χ3n) is 5.43. The van der Waals surface area contributed by atoms with Crippen molar-refractivity contribution in [2.45, 2.75) is 13.8 Å². The van der Waals surface area contributed by atoms with Gasteiger partial charge in [-0.15, -0.1) is 35.9 Å². The van der Waals surface area contributed by atoms with E-state index in [1.54, 1.807) is 0 Å². The maximum atomic E-state index is 4.89. The smallest absolute Gasteiger partial charge is 0.161 e. The fourth-order valence-corrected chi connectivity index (χ4v) is 3.56. The Balaban J connectivity index is 0.00000259. The van der Waals surface area contributed by atoms with Gasteiger partial charge in [0, 0.05) is 43.0 Å². The van der Waals surface area contributed by atoms with Gasteiger partial charge in [-0.25, -0.2) is 9.97 Å². The predicted octanol–water partition coefficient (Wildman–Crippen LogP) is 6.95. The number of nitrogens with zero attached hydrogens (tertiary/aromatic N) is 3. The molecule has 5 rings (SSSR count). The summed E-state index contributed by atoms with van der Waals surface area (Å²) in [5.41, 5.74) is 9.09. The average molecular weight is 605 g/mol. The second kappa shape index (κ2) is 9.99. The van der Waals surface area contributed by atoms with Gasteiger partial charge in [0.05, 0.1) is 11.4 Å². The Labute approximate surface area is 208 Å². The van der Waals surface area contributed by atoms with Crippen molar-refractivity contribution in [1.82, 2.24) is 15.0 Å². The third kappa shape index (κ3) is 5.14. The summed E-state index contributed by atoms with van der Waals surface area (Å²) in [6.45, 7) is 4.18. The van der Waals surface area contributed by atoms with E-state index >= 15 is 0 Å². The molecule has 2 aromatic heterocycles. The Morgan fingerprint density at radius 3 is 1.67 bits per heavy atom. The summed E-state index contributed by atoms with van der Waals surface area (Å²) in [6.07, 6.45) is 1.84. The van der Waals surface area contributed by atoms with Crippen LogP contribution >= 0.6 is 0 Å². The zero-order chi connectivity index (χ0) is 21.9. The van der Waals surface area contributed by atoms with Gasteiger partial charge >= 0.3 is 0 Å². The molecule has 0 atom stereocenters. The van der Waals surface area contributed by atoms with Crippen LogP contribution in [0.5, 0.6) is 0 Å². The second-order valence-corrected chi connectivity index (χ2v) is 7.90. The maximum Gasteiger partial charge on any atom is 0.161 e. The van der Waals surface area contributed by atoms with Crippen molar-refractivity contribution in [3.05, 3.63) is 114 Å². The summed E-state index contributed by atoms with van der Waals surface area (Å²) in [5.74, 6) is 0.662. The van der Waals surface area contributed by atoms with Gasteiger partial charge in [-0.3, -0.25) is 0 Å². The molecule has 0 saturated heterocycles. The number of benzene rings is 3. The number of aryl methyl sites for hydroxylation is 2. The van der Waals surface area contributed by atoms with Crippen LogP contribution in [0.15, 0.2) is 97.2 Å². The normalized spacial score (nSPS) is 10.5. The molecule has 3 aromatic carbocycles. The Morgan fingerprint density at radius 2 is 1.18 bits per heavy atom. The molecule has 1 radical (unpaired) electrons. The fourth-order valence-electron chi connectivity index (χ4n) is 3.56. The summed E-state index contributed by atoms with van der Waals surface area (Å²) < 4.78 is 0. The zero-order valence-electron chi connectivity index (χ0n) is 18.4. The van der Waals surface area contributed by atoms with Crippen molar-refractivity contribution in [2.75, 3.05) is 0 Å². The minimum absolute atomic E-state index is 0. The standard InChI is InChI=1S/C29H22N3.Ir/c1-20-8-12-23(13-9-20)27-18-28(24-14-10-21(2)11-15-24)32-29(31-27)25-16-17-26(30-19-25)22-6-4-3-5-7-22;/h3-6,8-19H,1-2H3;/q-1;. The molecule has 0 aliphatic carbocycles. The van der Waals surface area contributed by atoms with E-state index < -0.39 is 0 Å². The summed E-state index contributed by atoms with van der Waals surface area (Å²) >= 11 is 0. The molecule has 3 nitrogen and oxygen atoms in total. The van der Waals surface area contributed by atoms with Crippen LogP contribution < -0.4 is 0 Å². The van der Waals surface area contributed by atoms with E-state index in [9.17, 15) is 0 Å². The van der Waals surface area contributed by atoms with Crippen LogP contribution in [0.1, 0.15) is 11.1 Å². The Kier molecular flexibility index (Phi) is 6.88. The van der Waals surface area contributed by atoms with E-state index in [-0.39, 0.29) is 20.1 Å². The first-order valence-corrected chi connectivity index (χ1v) is 10.6. The number of aromatic nitrogens is 3. The molecular weight excluding hydrogens is 583 g/mol. The number of hydrogen-bond acceptors (Lipinski definition) is 3. The van der Waals surface area contributed by atoms with Crippen molar-refractivity contribution in [3.8, 4) is 45.2 Å². The predicted molar refractivity (Wildman–Crippen MR) is 130 cm³/mol. The van der Waals surface area contributed by atoms with E-state index in [1.807, 2.05) is 42.6 Å². The summed E-state index contributed by atoms with van der Waals surface area (Å²) in [6, 6.07) is 34.0. The van der Waals surface area contributed by atoms with E-state index in [1.165, 1.54) is 11.1 Å². The van der Waals surface area contributed by atoms with Crippen LogP contribution in [0, 0.1) is 19.9 Å². The molecule has 4 heteroatoms. The van der Waals surface area contributed by atoms with Gasteiger partial charge in [-0.1, -0.05) is 71.8 Å². The van der Waals surface area contributed by atoms with Crippen LogP contribution in [0.4, 0.5) is 0 Å². The minimum Gasteiger partial charge on any atom is -0.304 e. The summed E-state index contributed by atoms with van der Waals surface area (Å²) in [5, 5.41) is 0. The molecule has 0 fully saturated rings. The second-order valence-electron chi connectivity index (χ2n) is 7.90. The van der Waals surface area contributed by atoms with Gasteiger partial charge in [0.2, 0.25) is 0 Å². The number of pyridine rings is 1. The first-order valence-electron chi connectivity index (χ1n) is 10.6. The van der Waals surface area contributed by atoms with Crippen molar-refractivity contribution >= 4 is 0 Å². The molecule has 0 amide bonds. The zero-order valence-corrected chi connectivity index (χ0v) is 20.8. The van der Waals surface area contributed by atoms with E-state index in [0.29, 0.717) is 5.82 Å². The molecule has 0 aliphatic heterocycles. The molecule has 0 aliphatic rings. The molecule has 163 valence electrons. The maximum absolute atomic E-state index is 4.89. The molecule has 5 aromatic rings. The SMILES string of the molecule is Cc1ccc(-c2cc(-c3ccc(C)cc3)nc(-c3ccc(-c4[c-]cccc4)nc3)n2)cc1.[Ir]. The van der Waals surface area contributed by atoms with Gasteiger partial charge < -0.3 is 4.98 Å². The minimum atomic E-state index is 0. The van der Waals surface area contributed by atoms with Crippen molar-refractivity contribution in [1.29, 1.82) is 0 Å². The van der Waals surface area contributed by atoms with Crippen LogP contribution in [-0.2, 0) is 20.1 Å². The van der Waals surface area contributed by atoms with Gasteiger partial charge in [0.1, 0.15) is 0 Å². The Hall–Kier alpha value is -3.46. The Morgan fingerprint density at radius 1 is 0.606 bits per heavy atom. The van der Waals surface area contributed by atoms with E-state index in [0.717, 1.165) is 39.3 Å². The van der Waals surface area contributed by atoms with Crippen LogP contribution in [0.25, 0.3) is 45.2 Å². The molecule has 33 heavy (non-hydrogen) atoms. The molecule has 0 saturated carbocycles. The van der Waals surface area contributed by atoms with Gasteiger partial charge in [0.25, 0.3) is 0 Å². The molecule has 0 N–H and O–H groups in total. The molecular formula is C29H22IrN3-. The van der Waals surface area contributed by atoms with Gasteiger partial charge in [0.15, 0.2) is 5.82 Å². The van der Waals surface area contributed by atoms with E-state index in [2.05, 4.69) is 79.5 Å². The third-order valence-corrected chi connectivity index (χ3v) is 5.43. The largest absolute Gasteiger partial charge is 0.304 e. The van der Waals surface area contributed by atoms with Crippen molar-refractivity contribution in [3.63, 3.8) is 0 Å². The van der Waals surface area contributed by atoms with Crippen molar-refractivity contribution < 1.29 is 20.1 Å². The van der Waals surface area contributed by atoms with Crippen LogP contribution in [0.2, 0.25) is 0 Å². The average Bonchev–Trinajstić information content (AvgIpc) is 2.85.